The summed E-state index contributed by atoms with van der Waals surface area (Å²) in [6.45, 7) is 2.42. The van der Waals surface area contributed by atoms with E-state index in [1.165, 1.54) is 11.3 Å². The maximum absolute atomic E-state index is 12.1. The highest BCUT2D eigenvalue weighted by Gasteiger charge is 2.20. The molecule has 4 nitrogen and oxygen atoms in total. The predicted octanol–water partition coefficient (Wildman–Crippen LogP) is 1.33. The summed E-state index contributed by atoms with van der Waals surface area (Å²) >= 11 is 1.25. The van der Waals surface area contributed by atoms with Gasteiger partial charge in [0.1, 0.15) is 4.21 Å². The molecule has 0 saturated heterocycles. The molecule has 0 saturated carbocycles. The van der Waals surface area contributed by atoms with Crippen LogP contribution in [0.1, 0.15) is 24.6 Å². The van der Waals surface area contributed by atoms with Gasteiger partial charge in [0.25, 0.3) is 0 Å². The lowest BCUT2D eigenvalue weighted by molar-refractivity contribution is 0.546. The van der Waals surface area contributed by atoms with Gasteiger partial charge in [0.05, 0.1) is 0 Å². The molecule has 1 aromatic heterocycles. The van der Waals surface area contributed by atoms with Crippen LogP contribution in [0, 0.1) is 12.3 Å². The van der Waals surface area contributed by atoms with Gasteiger partial charge in [-0.15, -0.1) is 23.7 Å². The summed E-state index contributed by atoms with van der Waals surface area (Å²) in [5.41, 5.74) is 5.44. The van der Waals surface area contributed by atoms with E-state index in [1.54, 1.807) is 12.1 Å². The van der Waals surface area contributed by atoms with Crippen molar-refractivity contribution in [2.45, 2.75) is 36.4 Å². The number of nitrogens with one attached hydrogen (secondary N) is 1. The average Bonchev–Trinajstić information content (AvgIpc) is 2.78. The lowest BCUT2D eigenvalue weighted by atomic mass is 10.2. The Labute approximate surface area is 113 Å². The highest BCUT2D eigenvalue weighted by Crippen LogP contribution is 2.22. The van der Waals surface area contributed by atoms with E-state index in [0.29, 0.717) is 30.0 Å². The Balaban J connectivity index is 2.82. The first kappa shape index (κ1) is 15.2. The molecule has 0 aromatic carbocycles. The largest absolute Gasteiger partial charge is 0.330 e. The molecule has 6 heteroatoms. The zero-order valence-electron chi connectivity index (χ0n) is 10.3. The van der Waals surface area contributed by atoms with Crippen LogP contribution >= 0.6 is 11.3 Å². The second kappa shape index (κ2) is 6.90. The molecule has 1 aromatic rings. The van der Waals surface area contributed by atoms with Gasteiger partial charge in [-0.3, -0.25) is 0 Å². The summed E-state index contributed by atoms with van der Waals surface area (Å²) in [6, 6.07) is 3.20. The van der Waals surface area contributed by atoms with Crippen molar-refractivity contribution in [3.63, 3.8) is 0 Å². The fourth-order valence-corrected chi connectivity index (χ4v) is 4.18. The summed E-state index contributed by atoms with van der Waals surface area (Å²) in [6.07, 6.45) is 6.98. The first-order chi connectivity index (χ1) is 8.53. The fourth-order valence-electron chi connectivity index (χ4n) is 1.47. The van der Waals surface area contributed by atoms with E-state index in [-0.39, 0.29) is 6.04 Å². The van der Waals surface area contributed by atoms with Crippen LogP contribution in [0.5, 0.6) is 0 Å². The lowest BCUT2D eigenvalue weighted by Gasteiger charge is -2.13. The van der Waals surface area contributed by atoms with E-state index in [0.717, 1.165) is 4.88 Å². The van der Waals surface area contributed by atoms with E-state index in [1.807, 2.05) is 6.92 Å². The van der Waals surface area contributed by atoms with Gasteiger partial charge in [0.15, 0.2) is 0 Å². The molecule has 1 unspecified atom stereocenters. The van der Waals surface area contributed by atoms with Crippen LogP contribution in [0.4, 0.5) is 0 Å². The molecule has 18 heavy (non-hydrogen) atoms. The van der Waals surface area contributed by atoms with Gasteiger partial charge >= 0.3 is 0 Å². The van der Waals surface area contributed by atoms with E-state index in [9.17, 15) is 8.42 Å². The van der Waals surface area contributed by atoms with Gasteiger partial charge in [-0.05, 0) is 31.5 Å². The van der Waals surface area contributed by atoms with Crippen LogP contribution in [0.25, 0.3) is 0 Å². The molecular formula is C12H18N2O2S2. The van der Waals surface area contributed by atoms with Gasteiger partial charge in [-0.25, -0.2) is 13.1 Å². The van der Waals surface area contributed by atoms with Crippen molar-refractivity contribution < 1.29 is 8.42 Å². The smallest absolute Gasteiger partial charge is 0.250 e. The van der Waals surface area contributed by atoms with Gasteiger partial charge in [0.2, 0.25) is 10.0 Å². The van der Waals surface area contributed by atoms with Crippen LogP contribution in [0.15, 0.2) is 16.3 Å². The first-order valence-corrected chi connectivity index (χ1v) is 8.08. The minimum atomic E-state index is -3.46. The third kappa shape index (κ3) is 4.10. The SMILES string of the molecule is C#CCC(CC)NS(=O)(=O)c1ccc(CCN)s1. The van der Waals surface area contributed by atoms with E-state index in [4.69, 9.17) is 12.2 Å². The van der Waals surface area contributed by atoms with Crippen molar-refractivity contribution in [2.24, 2.45) is 5.73 Å². The minimum absolute atomic E-state index is 0.208. The number of thiophene rings is 1. The molecule has 1 atom stereocenters. The number of nitrogens with two attached hydrogens (primary N) is 1. The van der Waals surface area contributed by atoms with Crippen LogP contribution in [0.3, 0.4) is 0 Å². The molecule has 0 fully saturated rings. The molecule has 0 bridgehead atoms. The molecule has 0 radical (unpaired) electrons. The Bertz CT molecular complexity index is 514. The molecule has 0 amide bonds. The van der Waals surface area contributed by atoms with Crippen LogP contribution in [-0.2, 0) is 16.4 Å². The minimum Gasteiger partial charge on any atom is -0.330 e. The maximum atomic E-state index is 12.1. The van der Waals surface area contributed by atoms with Gasteiger partial charge in [-0.1, -0.05) is 6.92 Å². The Morgan fingerprint density at radius 3 is 2.83 bits per heavy atom. The predicted molar refractivity (Wildman–Crippen MR) is 74.9 cm³/mol. The Morgan fingerprint density at radius 1 is 1.56 bits per heavy atom. The molecule has 0 aliphatic heterocycles. The summed E-state index contributed by atoms with van der Waals surface area (Å²) in [4.78, 5) is 0.975. The normalized spacial score (nSPS) is 13.2. The molecule has 0 aliphatic rings. The molecule has 1 heterocycles. The quantitative estimate of drug-likeness (QED) is 0.743. The van der Waals surface area contributed by atoms with Crippen molar-refractivity contribution in [3.05, 3.63) is 17.0 Å². The number of rotatable bonds is 7. The second-order valence-corrected chi connectivity index (χ2v) is 7.00. The lowest BCUT2D eigenvalue weighted by Crippen LogP contribution is -2.33. The molecule has 3 N–H and O–H groups in total. The highest BCUT2D eigenvalue weighted by molar-refractivity contribution is 7.91. The Hall–Kier alpha value is -0.870. The number of hydrogen-bond donors (Lipinski definition) is 2. The number of hydrogen-bond acceptors (Lipinski definition) is 4. The monoisotopic (exact) mass is 286 g/mol. The van der Waals surface area contributed by atoms with Crippen molar-refractivity contribution in [1.82, 2.24) is 4.72 Å². The molecule has 1 rings (SSSR count). The molecular weight excluding hydrogens is 268 g/mol. The standard InChI is InChI=1S/C12H18N2O2S2/c1-3-5-10(4-2)14-18(15,16)12-7-6-11(17-12)8-9-13/h1,6-7,10,14H,4-5,8-9,13H2,2H3. The highest BCUT2D eigenvalue weighted by atomic mass is 32.2. The van der Waals surface area contributed by atoms with Crippen LogP contribution < -0.4 is 10.5 Å². The molecule has 100 valence electrons. The Kier molecular flexibility index (Phi) is 5.82. The average molecular weight is 286 g/mol. The zero-order chi connectivity index (χ0) is 13.6. The second-order valence-electron chi connectivity index (χ2n) is 3.89. The van der Waals surface area contributed by atoms with Gasteiger partial charge in [-0.2, -0.15) is 0 Å². The maximum Gasteiger partial charge on any atom is 0.250 e. The van der Waals surface area contributed by atoms with Crippen molar-refractivity contribution in [3.8, 4) is 12.3 Å². The fraction of sp³-hybridized carbons (Fsp3) is 0.500. The first-order valence-electron chi connectivity index (χ1n) is 5.78. The molecule has 0 aliphatic carbocycles. The van der Waals surface area contributed by atoms with E-state index < -0.39 is 10.0 Å². The summed E-state index contributed by atoms with van der Waals surface area (Å²) in [7, 11) is -3.46. The third-order valence-corrected chi connectivity index (χ3v) is 5.63. The summed E-state index contributed by atoms with van der Waals surface area (Å²) in [5.74, 6) is 2.48. The van der Waals surface area contributed by atoms with E-state index in [2.05, 4.69) is 10.6 Å². The summed E-state index contributed by atoms with van der Waals surface area (Å²) < 4.78 is 27.1. The zero-order valence-corrected chi connectivity index (χ0v) is 12.0. The number of sulfonamides is 1. The van der Waals surface area contributed by atoms with Gasteiger partial charge in [0, 0.05) is 17.3 Å². The van der Waals surface area contributed by atoms with E-state index >= 15 is 0 Å². The molecule has 0 spiro atoms. The van der Waals surface area contributed by atoms with Crippen LogP contribution in [-0.4, -0.2) is 21.0 Å². The van der Waals surface area contributed by atoms with Crippen molar-refractivity contribution in [2.75, 3.05) is 6.54 Å². The van der Waals surface area contributed by atoms with Gasteiger partial charge < -0.3 is 5.73 Å². The topological polar surface area (TPSA) is 72.2 Å². The number of terminal acetylenes is 1. The van der Waals surface area contributed by atoms with Crippen molar-refractivity contribution in [1.29, 1.82) is 0 Å². The summed E-state index contributed by atoms with van der Waals surface area (Å²) in [5, 5.41) is 0. The van der Waals surface area contributed by atoms with Crippen LogP contribution in [0.2, 0.25) is 0 Å². The Morgan fingerprint density at radius 2 is 2.28 bits per heavy atom. The van der Waals surface area contributed by atoms with Crippen molar-refractivity contribution >= 4 is 21.4 Å². The third-order valence-electron chi connectivity index (χ3n) is 2.47.